The molecule has 0 amide bonds. The van der Waals surface area contributed by atoms with E-state index in [-0.39, 0.29) is 5.54 Å². The number of anilines is 1. The Kier molecular flexibility index (Phi) is 1.53. The van der Waals surface area contributed by atoms with Crippen LogP contribution >= 0.6 is 0 Å². The van der Waals surface area contributed by atoms with Crippen LogP contribution in [-0.4, -0.2) is 15.5 Å². The fraction of sp³-hybridized carbons (Fsp3) is 0.556. The van der Waals surface area contributed by atoms with Gasteiger partial charge >= 0.3 is 0 Å². The van der Waals surface area contributed by atoms with Gasteiger partial charge in [0.15, 0.2) is 0 Å². The van der Waals surface area contributed by atoms with Crippen molar-refractivity contribution in [1.82, 2.24) is 9.97 Å². The number of rotatable bonds is 2. The van der Waals surface area contributed by atoms with E-state index in [9.17, 15) is 0 Å². The van der Waals surface area contributed by atoms with Crippen molar-refractivity contribution in [1.29, 1.82) is 0 Å². The van der Waals surface area contributed by atoms with Gasteiger partial charge in [0.25, 0.3) is 0 Å². The first kappa shape index (κ1) is 7.53. The fourth-order valence-electron chi connectivity index (χ4n) is 1.04. The SMILES string of the molecule is Cc1cnc(NC2(C)CC2)nc1. The first-order valence-corrected chi connectivity index (χ1v) is 4.25. The predicted octanol–water partition coefficient (Wildman–Crippen LogP) is 1.75. The van der Waals surface area contributed by atoms with E-state index >= 15 is 0 Å². The van der Waals surface area contributed by atoms with Gasteiger partial charge in [-0.1, -0.05) is 0 Å². The molecule has 0 bridgehead atoms. The van der Waals surface area contributed by atoms with Crippen molar-refractivity contribution in [2.75, 3.05) is 5.32 Å². The van der Waals surface area contributed by atoms with Crippen LogP contribution in [0.5, 0.6) is 0 Å². The molecule has 0 unspecified atom stereocenters. The summed E-state index contributed by atoms with van der Waals surface area (Å²) < 4.78 is 0. The maximum Gasteiger partial charge on any atom is 0.223 e. The Labute approximate surface area is 72.2 Å². The maximum atomic E-state index is 4.18. The molecule has 3 nitrogen and oxygen atoms in total. The molecule has 1 aromatic rings. The largest absolute Gasteiger partial charge is 0.349 e. The van der Waals surface area contributed by atoms with Gasteiger partial charge in [-0.15, -0.1) is 0 Å². The Bertz CT molecular complexity index is 274. The maximum absolute atomic E-state index is 4.18. The molecule has 1 saturated carbocycles. The van der Waals surface area contributed by atoms with Gasteiger partial charge in [-0.3, -0.25) is 0 Å². The first-order chi connectivity index (χ1) is 5.68. The number of nitrogens with one attached hydrogen (secondary N) is 1. The average Bonchev–Trinajstić information content (AvgIpc) is 2.74. The van der Waals surface area contributed by atoms with Crippen LogP contribution in [-0.2, 0) is 0 Å². The zero-order valence-electron chi connectivity index (χ0n) is 7.46. The number of nitrogens with zero attached hydrogens (tertiary/aromatic N) is 2. The van der Waals surface area contributed by atoms with Gasteiger partial charge in [-0.2, -0.15) is 0 Å². The molecule has 3 heteroatoms. The third-order valence-corrected chi connectivity index (χ3v) is 2.19. The molecule has 12 heavy (non-hydrogen) atoms. The van der Waals surface area contributed by atoms with Crippen molar-refractivity contribution in [2.24, 2.45) is 0 Å². The smallest absolute Gasteiger partial charge is 0.223 e. The minimum absolute atomic E-state index is 0.273. The molecule has 64 valence electrons. The molecule has 0 radical (unpaired) electrons. The van der Waals surface area contributed by atoms with Crippen molar-refractivity contribution in [3.8, 4) is 0 Å². The van der Waals surface area contributed by atoms with Crippen LogP contribution in [0.4, 0.5) is 5.95 Å². The van der Waals surface area contributed by atoms with Gasteiger partial charge in [-0.25, -0.2) is 9.97 Å². The molecule has 1 N–H and O–H groups in total. The molecule has 0 aliphatic heterocycles. The van der Waals surface area contributed by atoms with Gasteiger partial charge in [0, 0.05) is 17.9 Å². The second kappa shape index (κ2) is 2.44. The van der Waals surface area contributed by atoms with E-state index < -0.39 is 0 Å². The monoisotopic (exact) mass is 163 g/mol. The van der Waals surface area contributed by atoms with Crippen LogP contribution in [0.15, 0.2) is 12.4 Å². The molecule has 1 fully saturated rings. The number of hydrogen-bond donors (Lipinski definition) is 1. The molecule has 1 heterocycles. The van der Waals surface area contributed by atoms with Crippen molar-refractivity contribution in [3.05, 3.63) is 18.0 Å². The highest BCUT2D eigenvalue weighted by Gasteiger charge is 2.37. The standard InChI is InChI=1S/C9H13N3/c1-7-5-10-8(11-6-7)12-9(2)3-4-9/h5-6H,3-4H2,1-2H3,(H,10,11,12). The summed E-state index contributed by atoms with van der Waals surface area (Å²) in [6, 6.07) is 0. The lowest BCUT2D eigenvalue weighted by atomic mass is 10.3. The second-order valence-corrected chi connectivity index (χ2v) is 3.77. The molecule has 1 aliphatic carbocycles. The van der Waals surface area contributed by atoms with Gasteiger partial charge in [-0.05, 0) is 32.3 Å². The minimum atomic E-state index is 0.273. The van der Waals surface area contributed by atoms with Crippen molar-refractivity contribution >= 4 is 5.95 Å². The summed E-state index contributed by atoms with van der Waals surface area (Å²) in [6.07, 6.45) is 6.12. The number of hydrogen-bond acceptors (Lipinski definition) is 3. The molecule has 1 aliphatic rings. The summed E-state index contributed by atoms with van der Waals surface area (Å²) >= 11 is 0. The van der Waals surface area contributed by atoms with E-state index in [0.717, 1.165) is 11.5 Å². The first-order valence-electron chi connectivity index (χ1n) is 4.25. The van der Waals surface area contributed by atoms with Gasteiger partial charge < -0.3 is 5.32 Å². The Morgan fingerprint density at radius 1 is 1.33 bits per heavy atom. The van der Waals surface area contributed by atoms with Gasteiger partial charge in [0.05, 0.1) is 0 Å². The van der Waals surface area contributed by atoms with E-state index in [1.165, 1.54) is 12.8 Å². The quantitative estimate of drug-likeness (QED) is 0.721. The Balaban J connectivity index is 2.08. The van der Waals surface area contributed by atoms with Crippen LogP contribution in [0.1, 0.15) is 25.3 Å². The van der Waals surface area contributed by atoms with E-state index in [4.69, 9.17) is 0 Å². The van der Waals surface area contributed by atoms with E-state index in [1.807, 2.05) is 19.3 Å². The zero-order valence-corrected chi connectivity index (χ0v) is 7.46. The van der Waals surface area contributed by atoms with Crippen LogP contribution in [0, 0.1) is 6.92 Å². The van der Waals surface area contributed by atoms with Crippen molar-refractivity contribution in [2.45, 2.75) is 32.2 Å². The topological polar surface area (TPSA) is 37.8 Å². The summed E-state index contributed by atoms with van der Waals surface area (Å²) in [5, 5.41) is 3.30. The molecular formula is C9H13N3. The van der Waals surface area contributed by atoms with Crippen molar-refractivity contribution in [3.63, 3.8) is 0 Å². The molecule has 0 aromatic carbocycles. The fourth-order valence-corrected chi connectivity index (χ4v) is 1.04. The third-order valence-electron chi connectivity index (χ3n) is 2.19. The van der Waals surface area contributed by atoms with Gasteiger partial charge in [0.2, 0.25) is 5.95 Å². The highest BCUT2D eigenvalue weighted by atomic mass is 15.2. The van der Waals surface area contributed by atoms with E-state index in [1.54, 1.807) is 0 Å². The summed E-state index contributed by atoms with van der Waals surface area (Å²) in [7, 11) is 0. The highest BCUT2D eigenvalue weighted by Crippen LogP contribution is 2.37. The van der Waals surface area contributed by atoms with Crippen molar-refractivity contribution < 1.29 is 0 Å². The number of aryl methyl sites for hydroxylation is 1. The van der Waals surface area contributed by atoms with Gasteiger partial charge in [0.1, 0.15) is 0 Å². The third kappa shape index (κ3) is 1.55. The Morgan fingerprint density at radius 2 is 1.92 bits per heavy atom. The predicted molar refractivity (Wildman–Crippen MR) is 48.0 cm³/mol. The van der Waals surface area contributed by atoms with Crippen LogP contribution in [0.3, 0.4) is 0 Å². The Hall–Kier alpha value is -1.12. The molecule has 2 rings (SSSR count). The lowest BCUT2D eigenvalue weighted by Gasteiger charge is -2.10. The van der Waals surface area contributed by atoms with E-state index in [0.29, 0.717) is 0 Å². The Morgan fingerprint density at radius 3 is 2.42 bits per heavy atom. The van der Waals surface area contributed by atoms with Crippen LogP contribution in [0.2, 0.25) is 0 Å². The van der Waals surface area contributed by atoms with E-state index in [2.05, 4.69) is 22.2 Å². The van der Waals surface area contributed by atoms with Crippen LogP contribution < -0.4 is 5.32 Å². The molecule has 1 aromatic heterocycles. The van der Waals surface area contributed by atoms with Crippen LogP contribution in [0.25, 0.3) is 0 Å². The summed E-state index contributed by atoms with van der Waals surface area (Å²) in [6.45, 7) is 4.18. The highest BCUT2D eigenvalue weighted by molar-refractivity contribution is 5.32. The summed E-state index contributed by atoms with van der Waals surface area (Å²) in [5.41, 5.74) is 1.37. The summed E-state index contributed by atoms with van der Waals surface area (Å²) in [5.74, 6) is 0.751. The molecule has 0 saturated heterocycles. The zero-order chi connectivity index (χ0) is 8.60. The lowest BCUT2D eigenvalue weighted by molar-refractivity contribution is 0.809. The minimum Gasteiger partial charge on any atom is -0.349 e. The second-order valence-electron chi connectivity index (χ2n) is 3.77. The average molecular weight is 163 g/mol. The normalized spacial score (nSPS) is 18.8. The lowest BCUT2D eigenvalue weighted by Crippen LogP contribution is -2.17. The summed E-state index contributed by atoms with van der Waals surface area (Å²) in [4.78, 5) is 8.36. The molecule has 0 spiro atoms. The molecule has 0 atom stereocenters. The molecular weight excluding hydrogens is 150 g/mol. The number of aromatic nitrogens is 2.